The number of hydrogen-bond acceptors (Lipinski definition) is 6. The molecule has 0 spiro atoms. The number of carbonyl (C=O) groups is 1. The third-order valence-electron chi connectivity index (χ3n) is 6.58. The van der Waals surface area contributed by atoms with E-state index in [0.717, 1.165) is 17.7 Å². The van der Waals surface area contributed by atoms with E-state index >= 15 is 0 Å². The second kappa shape index (κ2) is 9.31. The Morgan fingerprint density at radius 3 is 2.62 bits per heavy atom. The molecule has 3 heterocycles. The molecule has 0 radical (unpaired) electrons. The van der Waals surface area contributed by atoms with Crippen molar-refractivity contribution in [2.45, 2.75) is 57.0 Å². The average molecular weight is 499 g/mol. The summed E-state index contributed by atoms with van der Waals surface area (Å²) < 4.78 is 50.8. The number of benzene rings is 1. The van der Waals surface area contributed by atoms with Crippen LogP contribution < -0.4 is 5.73 Å². The second-order valence-corrected chi connectivity index (χ2v) is 9.17. The van der Waals surface area contributed by atoms with E-state index in [1.165, 1.54) is 13.2 Å². The molecule has 184 valence electrons. The molecule has 7 nitrogen and oxygen atoms in total. The van der Waals surface area contributed by atoms with Crippen molar-refractivity contribution in [2.24, 2.45) is 0 Å². The molecule has 1 aromatic heterocycles. The summed E-state index contributed by atoms with van der Waals surface area (Å²) in [5, 5.41) is 0.0336. The fraction of sp³-hybridized carbons (Fsp3) is 0.522. The molecular weight excluding hydrogens is 473 g/mol. The van der Waals surface area contributed by atoms with Gasteiger partial charge in [-0.25, -0.2) is 9.97 Å². The molecule has 1 fully saturated rings. The predicted molar refractivity (Wildman–Crippen MR) is 119 cm³/mol. The van der Waals surface area contributed by atoms with Crippen molar-refractivity contribution in [2.75, 3.05) is 26.1 Å². The normalized spacial score (nSPS) is 18.6. The minimum atomic E-state index is -4.49. The molecule has 1 atom stereocenters. The van der Waals surface area contributed by atoms with E-state index in [9.17, 15) is 18.0 Å². The van der Waals surface area contributed by atoms with Gasteiger partial charge in [0.05, 0.1) is 23.5 Å². The lowest BCUT2D eigenvalue weighted by Gasteiger charge is -2.37. The van der Waals surface area contributed by atoms with Crippen molar-refractivity contribution in [1.82, 2.24) is 14.9 Å². The van der Waals surface area contributed by atoms with E-state index in [1.54, 1.807) is 11.8 Å². The number of hydrogen-bond donors (Lipinski definition) is 1. The molecule has 0 saturated carbocycles. The van der Waals surface area contributed by atoms with E-state index in [4.69, 9.17) is 26.8 Å². The Balaban J connectivity index is 1.58. The first-order valence-corrected chi connectivity index (χ1v) is 11.3. The van der Waals surface area contributed by atoms with Crippen molar-refractivity contribution in [3.8, 4) is 0 Å². The molecule has 2 aliphatic heterocycles. The minimum absolute atomic E-state index is 0.0336. The first kappa shape index (κ1) is 24.7. The average Bonchev–Trinajstić information content (AvgIpc) is 3.22. The number of rotatable bonds is 5. The molecule has 0 unspecified atom stereocenters. The summed E-state index contributed by atoms with van der Waals surface area (Å²) in [7, 11) is 1.52. The number of anilines is 1. The number of nitrogens with two attached hydrogens (primary N) is 1. The van der Waals surface area contributed by atoms with Gasteiger partial charge in [-0.3, -0.25) is 4.79 Å². The Kier molecular flexibility index (Phi) is 6.76. The van der Waals surface area contributed by atoms with Crippen LogP contribution in [0, 0.1) is 0 Å². The van der Waals surface area contributed by atoms with Crippen LogP contribution in [0.4, 0.5) is 18.9 Å². The van der Waals surface area contributed by atoms with E-state index in [0.29, 0.717) is 49.4 Å². The fourth-order valence-corrected chi connectivity index (χ4v) is 4.83. The van der Waals surface area contributed by atoms with Crippen LogP contribution in [0.25, 0.3) is 0 Å². The largest absolute Gasteiger partial charge is 0.416 e. The van der Waals surface area contributed by atoms with Crippen molar-refractivity contribution in [3.05, 3.63) is 51.6 Å². The Hall–Kier alpha value is -2.43. The summed E-state index contributed by atoms with van der Waals surface area (Å²) in [5.74, 6) is -0.470. The SMILES string of the molecule is COC1(C(=O)N2Cc3nc(Cl)nc(C[C@H](C)c4cc(N)cc(C(F)(F)F)c4)c3C2)CCOCC1. The van der Waals surface area contributed by atoms with Gasteiger partial charge in [-0.05, 0) is 47.7 Å². The Morgan fingerprint density at radius 2 is 1.97 bits per heavy atom. The highest BCUT2D eigenvalue weighted by molar-refractivity contribution is 6.28. The standard InChI is InChI=1S/C23H26ClF3N4O3/c1-13(14-8-15(23(25,26)27)10-16(28)9-14)7-18-17-11-31(12-19(17)30-21(24)29-18)20(32)22(33-2)3-5-34-6-4-22/h8-10,13H,3-7,11-12,28H2,1-2H3/t13-/m0/s1. The van der Waals surface area contributed by atoms with E-state index < -0.39 is 17.3 Å². The summed E-state index contributed by atoms with van der Waals surface area (Å²) in [6.45, 7) is 3.23. The van der Waals surface area contributed by atoms with Crippen LogP contribution in [0.5, 0.6) is 0 Å². The quantitative estimate of drug-likeness (QED) is 0.493. The van der Waals surface area contributed by atoms with Gasteiger partial charge >= 0.3 is 6.18 Å². The van der Waals surface area contributed by atoms with Gasteiger partial charge in [0.15, 0.2) is 5.60 Å². The number of aromatic nitrogens is 2. The zero-order valence-electron chi connectivity index (χ0n) is 18.9. The summed E-state index contributed by atoms with van der Waals surface area (Å²) in [6.07, 6.45) is -3.26. The monoisotopic (exact) mass is 498 g/mol. The van der Waals surface area contributed by atoms with Gasteiger partial charge in [0.1, 0.15) is 0 Å². The second-order valence-electron chi connectivity index (χ2n) is 8.83. The summed E-state index contributed by atoms with van der Waals surface area (Å²) in [4.78, 5) is 23.7. The van der Waals surface area contributed by atoms with Crippen molar-refractivity contribution in [1.29, 1.82) is 0 Å². The molecule has 2 aliphatic rings. The molecule has 0 aliphatic carbocycles. The van der Waals surface area contributed by atoms with Crippen LogP contribution in [0.2, 0.25) is 5.28 Å². The first-order valence-electron chi connectivity index (χ1n) is 11.0. The number of nitrogens with zero attached hydrogens (tertiary/aromatic N) is 3. The zero-order chi connectivity index (χ0) is 24.7. The van der Waals surface area contributed by atoms with Gasteiger partial charge < -0.3 is 20.1 Å². The Labute approximate surface area is 200 Å². The maximum Gasteiger partial charge on any atom is 0.416 e. The summed E-state index contributed by atoms with van der Waals surface area (Å²) in [6, 6.07) is 3.56. The number of ether oxygens (including phenoxy) is 2. The van der Waals surface area contributed by atoms with Gasteiger partial charge in [-0.2, -0.15) is 13.2 Å². The number of amides is 1. The number of halogens is 4. The van der Waals surface area contributed by atoms with Crippen LogP contribution in [-0.4, -0.2) is 46.7 Å². The lowest BCUT2D eigenvalue weighted by molar-refractivity contribution is -0.167. The van der Waals surface area contributed by atoms with Crippen molar-refractivity contribution >= 4 is 23.2 Å². The summed E-state index contributed by atoms with van der Waals surface area (Å²) >= 11 is 6.16. The Bertz CT molecular complexity index is 1090. The molecule has 0 bridgehead atoms. The highest BCUT2D eigenvalue weighted by Gasteiger charge is 2.45. The lowest BCUT2D eigenvalue weighted by Crippen LogP contribution is -2.51. The van der Waals surface area contributed by atoms with Crippen LogP contribution in [-0.2, 0) is 40.0 Å². The zero-order valence-corrected chi connectivity index (χ0v) is 19.7. The highest BCUT2D eigenvalue weighted by Crippen LogP contribution is 2.36. The number of methoxy groups -OCH3 is 1. The van der Waals surface area contributed by atoms with Gasteiger partial charge in [-0.1, -0.05) is 6.92 Å². The maximum atomic E-state index is 13.4. The summed E-state index contributed by atoms with van der Waals surface area (Å²) in [5.41, 5.74) is 6.50. The van der Waals surface area contributed by atoms with Crippen LogP contribution >= 0.6 is 11.6 Å². The maximum absolute atomic E-state index is 13.4. The first-order chi connectivity index (χ1) is 16.0. The van der Waals surface area contributed by atoms with Crippen LogP contribution in [0.15, 0.2) is 18.2 Å². The van der Waals surface area contributed by atoms with Gasteiger partial charge in [0.25, 0.3) is 5.91 Å². The topological polar surface area (TPSA) is 90.6 Å². The number of fused-ring (bicyclic) bond motifs is 1. The Morgan fingerprint density at radius 1 is 1.26 bits per heavy atom. The van der Waals surface area contributed by atoms with Gasteiger partial charge in [0.2, 0.25) is 5.28 Å². The van der Waals surface area contributed by atoms with Gasteiger partial charge in [0, 0.05) is 51.0 Å². The van der Waals surface area contributed by atoms with E-state index in [1.807, 2.05) is 0 Å². The molecule has 11 heteroatoms. The van der Waals surface area contributed by atoms with Crippen molar-refractivity contribution in [3.63, 3.8) is 0 Å². The molecule has 1 aromatic carbocycles. The van der Waals surface area contributed by atoms with Gasteiger partial charge in [-0.15, -0.1) is 0 Å². The number of alkyl halides is 3. The molecule has 1 amide bonds. The molecule has 34 heavy (non-hydrogen) atoms. The fourth-order valence-electron chi connectivity index (χ4n) is 4.63. The molecular formula is C23H26ClF3N4O3. The van der Waals surface area contributed by atoms with Crippen LogP contribution in [0.3, 0.4) is 0 Å². The molecule has 2 N–H and O–H groups in total. The molecule has 2 aromatic rings. The smallest absolute Gasteiger partial charge is 0.399 e. The van der Waals surface area contributed by atoms with E-state index in [2.05, 4.69) is 9.97 Å². The van der Waals surface area contributed by atoms with Crippen molar-refractivity contribution < 1.29 is 27.4 Å². The minimum Gasteiger partial charge on any atom is -0.399 e. The highest BCUT2D eigenvalue weighted by atomic mass is 35.5. The third kappa shape index (κ3) is 4.85. The number of nitrogen functional groups attached to an aromatic ring is 1. The predicted octanol–water partition coefficient (Wildman–Crippen LogP) is 4.12. The molecule has 1 saturated heterocycles. The number of carbonyl (C=O) groups excluding carboxylic acids is 1. The van der Waals surface area contributed by atoms with Crippen LogP contribution in [0.1, 0.15) is 53.8 Å². The molecule has 4 rings (SSSR count). The third-order valence-corrected chi connectivity index (χ3v) is 6.75. The lowest BCUT2D eigenvalue weighted by atomic mass is 9.92. The van der Waals surface area contributed by atoms with E-state index in [-0.39, 0.29) is 35.9 Å².